The summed E-state index contributed by atoms with van der Waals surface area (Å²) in [5.74, 6) is 0.601. The van der Waals surface area contributed by atoms with E-state index in [1.165, 1.54) is 18.2 Å². The lowest BCUT2D eigenvalue weighted by Crippen LogP contribution is -2.38. The van der Waals surface area contributed by atoms with Gasteiger partial charge in [0.2, 0.25) is 11.8 Å². The molecule has 5 nitrogen and oxygen atoms in total. The first-order valence-electron chi connectivity index (χ1n) is 10.0. The van der Waals surface area contributed by atoms with E-state index >= 15 is 0 Å². The second-order valence-electron chi connectivity index (χ2n) is 7.54. The van der Waals surface area contributed by atoms with E-state index in [2.05, 4.69) is 16.3 Å². The van der Waals surface area contributed by atoms with Gasteiger partial charge < -0.3 is 9.32 Å². The zero-order valence-corrected chi connectivity index (χ0v) is 17.6. The molecule has 1 aromatic heterocycles. The number of aryl methyl sites for hydroxylation is 2. The summed E-state index contributed by atoms with van der Waals surface area (Å²) in [5, 5.41) is 8.47. The van der Waals surface area contributed by atoms with Crippen molar-refractivity contribution in [2.45, 2.75) is 43.6 Å². The maximum Gasteiger partial charge on any atom is 0.277 e. The van der Waals surface area contributed by atoms with E-state index < -0.39 is 0 Å². The quantitative estimate of drug-likeness (QED) is 0.544. The minimum Gasteiger partial charge on any atom is -0.411 e. The molecule has 1 amide bonds. The molecule has 3 aromatic rings. The smallest absolute Gasteiger partial charge is 0.277 e. The second-order valence-corrected chi connectivity index (χ2v) is 8.60. The molecule has 29 heavy (non-hydrogen) atoms. The number of carbonyl (C=O) groups excluding carboxylic acids is 1. The van der Waals surface area contributed by atoms with Gasteiger partial charge in [-0.1, -0.05) is 47.5 Å². The monoisotopic (exact) mass is 407 g/mol. The van der Waals surface area contributed by atoms with Gasteiger partial charge in [0.1, 0.15) is 5.25 Å². The Morgan fingerprint density at radius 3 is 2.38 bits per heavy atom. The molecule has 1 saturated heterocycles. The molecule has 0 bridgehead atoms. The summed E-state index contributed by atoms with van der Waals surface area (Å²) in [4.78, 5) is 15.3. The number of carbonyl (C=O) groups is 1. The van der Waals surface area contributed by atoms with Gasteiger partial charge in [-0.15, -0.1) is 10.2 Å². The third kappa shape index (κ3) is 4.70. The average Bonchev–Trinajstić information content (AvgIpc) is 3.21. The SMILES string of the molecule is Cc1cc(C)cc(-c2nnc(S[C@@H](C(=O)N3CCCCC3)c3ccccc3)o2)c1. The first-order chi connectivity index (χ1) is 14.1. The van der Waals surface area contributed by atoms with Crippen LogP contribution in [-0.4, -0.2) is 34.1 Å². The van der Waals surface area contributed by atoms with Crippen LogP contribution in [0.1, 0.15) is 41.2 Å². The van der Waals surface area contributed by atoms with E-state index in [9.17, 15) is 4.79 Å². The maximum absolute atomic E-state index is 13.3. The lowest BCUT2D eigenvalue weighted by atomic mass is 10.1. The Morgan fingerprint density at radius 2 is 1.69 bits per heavy atom. The van der Waals surface area contributed by atoms with E-state index in [1.54, 1.807) is 0 Å². The summed E-state index contributed by atoms with van der Waals surface area (Å²) in [6, 6.07) is 16.0. The van der Waals surface area contributed by atoms with Gasteiger partial charge in [0, 0.05) is 18.7 Å². The van der Waals surface area contributed by atoms with Crippen molar-refractivity contribution < 1.29 is 9.21 Å². The number of hydrogen-bond donors (Lipinski definition) is 0. The molecule has 150 valence electrons. The van der Waals surface area contributed by atoms with Crippen LogP contribution in [0.15, 0.2) is 58.2 Å². The van der Waals surface area contributed by atoms with Gasteiger partial charge >= 0.3 is 0 Å². The number of aromatic nitrogens is 2. The third-order valence-corrected chi connectivity index (χ3v) is 6.16. The van der Waals surface area contributed by atoms with Crippen LogP contribution in [0, 0.1) is 13.8 Å². The summed E-state index contributed by atoms with van der Waals surface area (Å²) >= 11 is 1.34. The van der Waals surface area contributed by atoms with Gasteiger partial charge in [-0.3, -0.25) is 4.79 Å². The van der Waals surface area contributed by atoms with Crippen molar-refractivity contribution in [1.29, 1.82) is 0 Å². The highest BCUT2D eigenvalue weighted by Gasteiger charge is 2.29. The lowest BCUT2D eigenvalue weighted by molar-refractivity contribution is -0.131. The second kappa shape index (κ2) is 8.82. The van der Waals surface area contributed by atoms with Gasteiger partial charge in [-0.25, -0.2) is 0 Å². The molecule has 0 unspecified atom stereocenters. The topological polar surface area (TPSA) is 59.2 Å². The number of rotatable bonds is 5. The average molecular weight is 408 g/mol. The number of thioether (sulfide) groups is 1. The molecule has 0 aliphatic carbocycles. The van der Waals surface area contributed by atoms with Crippen LogP contribution in [0.5, 0.6) is 0 Å². The Bertz CT molecular complexity index is 961. The van der Waals surface area contributed by atoms with Crippen molar-refractivity contribution >= 4 is 17.7 Å². The summed E-state index contributed by atoms with van der Waals surface area (Å²) in [5.41, 5.74) is 4.16. The molecule has 0 saturated carbocycles. The highest BCUT2D eigenvalue weighted by atomic mass is 32.2. The van der Waals surface area contributed by atoms with Crippen molar-refractivity contribution in [2.75, 3.05) is 13.1 Å². The molecule has 6 heteroatoms. The van der Waals surface area contributed by atoms with Gasteiger partial charge in [0.15, 0.2) is 0 Å². The fourth-order valence-corrected chi connectivity index (χ4v) is 4.70. The van der Waals surface area contributed by atoms with E-state index in [-0.39, 0.29) is 11.2 Å². The molecule has 2 heterocycles. The standard InChI is InChI=1S/C23H25N3O2S/c1-16-13-17(2)15-19(14-16)21-24-25-23(28-21)29-20(18-9-5-3-6-10-18)22(27)26-11-7-4-8-12-26/h3,5-6,9-10,13-15,20H,4,7-8,11-12H2,1-2H3/t20-/m1/s1. The van der Waals surface area contributed by atoms with Crippen molar-refractivity contribution in [3.05, 3.63) is 65.2 Å². The Labute approximate surface area is 175 Å². The van der Waals surface area contributed by atoms with E-state index in [4.69, 9.17) is 4.42 Å². The van der Waals surface area contributed by atoms with E-state index in [1.807, 2.05) is 61.2 Å². The van der Waals surface area contributed by atoms with E-state index in [0.717, 1.165) is 48.2 Å². The predicted octanol–water partition coefficient (Wildman–Crippen LogP) is 5.20. The molecule has 0 spiro atoms. The first-order valence-corrected chi connectivity index (χ1v) is 10.9. The molecule has 1 aliphatic heterocycles. The third-order valence-electron chi connectivity index (χ3n) is 5.09. The zero-order valence-electron chi connectivity index (χ0n) is 16.8. The first kappa shape index (κ1) is 19.7. The number of hydrogen-bond acceptors (Lipinski definition) is 5. The van der Waals surface area contributed by atoms with Gasteiger partial charge in [-0.2, -0.15) is 0 Å². The molecule has 1 aliphatic rings. The van der Waals surface area contributed by atoms with Crippen LogP contribution >= 0.6 is 11.8 Å². The van der Waals surface area contributed by atoms with Crippen LogP contribution in [0.3, 0.4) is 0 Å². The predicted molar refractivity (Wildman–Crippen MR) is 115 cm³/mol. The molecule has 2 aromatic carbocycles. The van der Waals surface area contributed by atoms with E-state index in [0.29, 0.717) is 11.1 Å². The number of amides is 1. The van der Waals surface area contributed by atoms with Crippen LogP contribution in [0.4, 0.5) is 0 Å². The zero-order chi connectivity index (χ0) is 20.2. The van der Waals surface area contributed by atoms with Crippen LogP contribution in [-0.2, 0) is 4.79 Å². The summed E-state index contributed by atoms with van der Waals surface area (Å²) in [6.07, 6.45) is 3.32. The van der Waals surface area contributed by atoms with Crippen molar-refractivity contribution in [3.8, 4) is 11.5 Å². The Hall–Kier alpha value is -2.60. The van der Waals surface area contributed by atoms with Crippen LogP contribution < -0.4 is 0 Å². The van der Waals surface area contributed by atoms with Gasteiger partial charge in [0.05, 0.1) is 0 Å². The Morgan fingerprint density at radius 1 is 1.00 bits per heavy atom. The molecule has 1 atom stereocenters. The molecule has 1 fully saturated rings. The molecular formula is C23H25N3O2S. The highest BCUT2D eigenvalue weighted by Crippen LogP contribution is 2.37. The lowest BCUT2D eigenvalue weighted by Gasteiger charge is -2.29. The van der Waals surface area contributed by atoms with Crippen molar-refractivity contribution in [3.63, 3.8) is 0 Å². The normalized spacial score (nSPS) is 15.3. The summed E-state index contributed by atoms with van der Waals surface area (Å²) in [6.45, 7) is 5.73. The van der Waals surface area contributed by atoms with Crippen LogP contribution in [0.25, 0.3) is 11.5 Å². The largest absolute Gasteiger partial charge is 0.411 e. The molecule has 4 rings (SSSR count). The number of piperidine rings is 1. The van der Waals surface area contributed by atoms with Crippen molar-refractivity contribution in [2.24, 2.45) is 0 Å². The summed E-state index contributed by atoms with van der Waals surface area (Å²) in [7, 11) is 0. The fraction of sp³-hybridized carbons (Fsp3) is 0.348. The maximum atomic E-state index is 13.3. The number of nitrogens with zero attached hydrogens (tertiary/aromatic N) is 3. The Balaban J connectivity index is 1.59. The van der Waals surface area contributed by atoms with Gasteiger partial charge in [-0.05, 0) is 62.6 Å². The molecular weight excluding hydrogens is 382 g/mol. The molecule has 0 N–H and O–H groups in total. The summed E-state index contributed by atoms with van der Waals surface area (Å²) < 4.78 is 5.94. The minimum absolute atomic E-state index is 0.118. The minimum atomic E-state index is -0.387. The highest BCUT2D eigenvalue weighted by molar-refractivity contribution is 8.00. The van der Waals surface area contributed by atoms with Crippen molar-refractivity contribution in [1.82, 2.24) is 15.1 Å². The fourth-order valence-electron chi connectivity index (χ4n) is 3.74. The van der Waals surface area contributed by atoms with Gasteiger partial charge in [0.25, 0.3) is 5.22 Å². The Kier molecular flexibility index (Phi) is 6.00. The number of benzene rings is 2. The van der Waals surface area contributed by atoms with Crippen LogP contribution in [0.2, 0.25) is 0 Å². The number of likely N-dealkylation sites (tertiary alicyclic amines) is 1. The molecule has 0 radical (unpaired) electrons.